The first-order chi connectivity index (χ1) is 14.9. The van der Waals surface area contributed by atoms with E-state index in [1.807, 2.05) is 42.2 Å². The number of carbonyl (C=O) groups excluding carboxylic acids is 2. The smallest absolute Gasteiger partial charge is 0.326 e. The molecule has 0 aromatic heterocycles. The zero-order chi connectivity index (χ0) is 22.2. The summed E-state index contributed by atoms with van der Waals surface area (Å²) in [4.78, 5) is 29.3. The van der Waals surface area contributed by atoms with Gasteiger partial charge in [-0.3, -0.25) is 9.69 Å². The molecule has 1 saturated heterocycles. The second-order valence-electron chi connectivity index (χ2n) is 7.82. The van der Waals surface area contributed by atoms with Crippen LogP contribution in [0.15, 0.2) is 42.5 Å². The fraction of sp³-hybridized carbons (Fsp3) is 0.391. The summed E-state index contributed by atoms with van der Waals surface area (Å²) in [5.74, 6) is 0.931. The molecule has 0 saturated carbocycles. The van der Waals surface area contributed by atoms with Crippen LogP contribution >= 0.6 is 0 Å². The molecule has 0 spiro atoms. The maximum absolute atomic E-state index is 13.4. The van der Waals surface area contributed by atoms with Crippen LogP contribution in [0.5, 0.6) is 11.5 Å². The maximum Gasteiger partial charge on any atom is 0.326 e. The van der Waals surface area contributed by atoms with Gasteiger partial charge >= 0.3 is 6.03 Å². The molecule has 3 amide bonds. The SMILES string of the molecule is CC[C@@]1(c2ccccc2)NC(=O)N(CN2Cc3c(OC)ccc(OC)c3[C@@H](O)C2)C1=O. The number of rotatable bonds is 6. The number of urea groups is 1. The lowest BCUT2D eigenvalue weighted by Gasteiger charge is -2.35. The lowest BCUT2D eigenvalue weighted by atomic mass is 9.87. The summed E-state index contributed by atoms with van der Waals surface area (Å²) in [6.07, 6.45) is -0.395. The number of ether oxygens (including phenoxy) is 2. The first-order valence-corrected chi connectivity index (χ1v) is 10.3. The molecule has 1 fully saturated rings. The van der Waals surface area contributed by atoms with E-state index >= 15 is 0 Å². The third-order valence-corrected chi connectivity index (χ3v) is 6.17. The van der Waals surface area contributed by atoms with E-state index in [2.05, 4.69) is 5.32 Å². The number of nitrogens with one attached hydrogen (secondary N) is 1. The number of β-amino-alcohol motifs (C(OH)–C–C–N with tert-alkyl or cyclic N) is 1. The van der Waals surface area contributed by atoms with Crippen LogP contribution in [-0.4, -0.2) is 54.3 Å². The van der Waals surface area contributed by atoms with Gasteiger partial charge in [0.25, 0.3) is 5.91 Å². The molecule has 0 radical (unpaired) electrons. The number of nitrogens with zero attached hydrogens (tertiary/aromatic N) is 2. The first-order valence-electron chi connectivity index (χ1n) is 10.3. The molecule has 4 rings (SSSR count). The predicted octanol–water partition coefficient (Wildman–Crippen LogP) is 2.37. The van der Waals surface area contributed by atoms with E-state index in [4.69, 9.17) is 9.47 Å². The van der Waals surface area contributed by atoms with E-state index in [-0.39, 0.29) is 19.1 Å². The Morgan fingerprint density at radius 2 is 1.77 bits per heavy atom. The van der Waals surface area contributed by atoms with E-state index in [1.165, 1.54) is 4.90 Å². The molecular formula is C23H27N3O5. The zero-order valence-electron chi connectivity index (χ0n) is 17.9. The molecule has 0 bridgehead atoms. The summed E-state index contributed by atoms with van der Waals surface area (Å²) < 4.78 is 10.9. The molecule has 2 atom stereocenters. The van der Waals surface area contributed by atoms with Gasteiger partial charge in [0.1, 0.15) is 17.0 Å². The van der Waals surface area contributed by atoms with Crippen LogP contribution in [0.4, 0.5) is 4.79 Å². The Morgan fingerprint density at radius 1 is 1.10 bits per heavy atom. The van der Waals surface area contributed by atoms with Gasteiger partial charge in [0, 0.05) is 24.2 Å². The highest BCUT2D eigenvalue weighted by atomic mass is 16.5. The number of carbonyl (C=O) groups is 2. The summed E-state index contributed by atoms with van der Waals surface area (Å²) in [6.45, 7) is 2.62. The van der Waals surface area contributed by atoms with Crippen molar-refractivity contribution in [3.05, 3.63) is 59.2 Å². The number of aliphatic hydroxyl groups excluding tert-OH is 1. The first kappa shape index (κ1) is 21.1. The molecule has 2 heterocycles. The summed E-state index contributed by atoms with van der Waals surface area (Å²) in [5, 5.41) is 13.7. The van der Waals surface area contributed by atoms with Crippen LogP contribution in [0.3, 0.4) is 0 Å². The lowest BCUT2D eigenvalue weighted by Crippen LogP contribution is -2.46. The molecule has 164 valence electrons. The highest BCUT2D eigenvalue weighted by Gasteiger charge is 2.51. The van der Waals surface area contributed by atoms with Gasteiger partial charge in [0.05, 0.1) is 27.0 Å². The second kappa shape index (κ2) is 8.20. The number of hydrogen-bond acceptors (Lipinski definition) is 6. The van der Waals surface area contributed by atoms with Crippen molar-refractivity contribution in [2.24, 2.45) is 0 Å². The van der Waals surface area contributed by atoms with Crippen LogP contribution < -0.4 is 14.8 Å². The largest absolute Gasteiger partial charge is 0.496 e. The van der Waals surface area contributed by atoms with Crippen LogP contribution in [0.2, 0.25) is 0 Å². The number of amides is 3. The van der Waals surface area contributed by atoms with Crippen molar-refractivity contribution >= 4 is 11.9 Å². The molecule has 2 aliphatic heterocycles. The average molecular weight is 425 g/mol. The van der Waals surface area contributed by atoms with Crippen molar-refractivity contribution in [2.45, 2.75) is 31.5 Å². The van der Waals surface area contributed by atoms with Gasteiger partial charge in [-0.1, -0.05) is 37.3 Å². The fourth-order valence-electron chi connectivity index (χ4n) is 4.57. The van der Waals surface area contributed by atoms with Gasteiger partial charge in [-0.2, -0.15) is 0 Å². The Hall–Kier alpha value is -3.10. The maximum atomic E-state index is 13.4. The van der Waals surface area contributed by atoms with Gasteiger partial charge in [-0.05, 0) is 24.1 Å². The highest BCUT2D eigenvalue weighted by Crippen LogP contribution is 2.40. The third-order valence-electron chi connectivity index (χ3n) is 6.17. The predicted molar refractivity (Wildman–Crippen MR) is 114 cm³/mol. The minimum absolute atomic E-state index is 0.0656. The molecule has 2 aromatic carbocycles. The third kappa shape index (κ3) is 3.41. The summed E-state index contributed by atoms with van der Waals surface area (Å²) >= 11 is 0. The number of fused-ring (bicyclic) bond motifs is 1. The minimum atomic E-state index is -1.08. The van der Waals surface area contributed by atoms with Crippen molar-refractivity contribution < 1.29 is 24.2 Å². The Labute approximate surface area is 181 Å². The standard InChI is InChI=1S/C23H27N3O5/c1-4-23(15-8-6-5-7-9-15)21(28)26(22(29)24-23)14-25-12-16-18(30-2)10-11-19(31-3)20(16)17(27)13-25/h5-11,17,27H,4,12-14H2,1-3H3,(H,24,29)/t17-,23-/m0/s1. The van der Waals surface area contributed by atoms with Crippen molar-refractivity contribution in [3.8, 4) is 11.5 Å². The fourth-order valence-corrected chi connectivity index (χ4v) is 4.57. The molecule has 2 N–H and O–H groups in total. The van der Waals surface area contributed by atoms with Crippen LogP contribution in [0, 0.1) is 0 Å². The molecule has 0 unspecified atom stereocenters. The molecular weight excluding hydrogens is 398 g/mol. The van der Waals surface area contributed by atoms with Gasteiger partial charge < -0.3 is 19.9 Å². The van der Waals surface area contributed by atoms with Crippen molar-refractivity contribution in [1.29, 1.82) is 0 Å². The Morgan fingerprint density at radius 3 is 2.42 bits per heavy atom. The molecule has 8 nitrogen and oxygen atoms in total. The number of benzene rings is 2. The highest BCUT2D eigenvalue weighted by molar-refractivity contribution is 6.07. The van der Waals surface area contributed by atoms with E-state index in [9.17, 15) is 14.7 Å². The van der Waals surface area contributed by atoms with Crippen LogP contribution in [0.1, 0.15) is 36.1 Å². The molecule has 8 heteroatoms. The average Bonchev–Trinajstić information content (AvgIpc) is 3.04. The molecule has 31 heavy (non-hydrogen) atoms. The van der Waals surface area contributed by atoms with Crippen molar-refractivity contribution in [2.75, 3.05) is 27.4 Å². The molecule has 2 aliphatic rings. The van der Waals surface area contributed by atoms with Crippen molar-refractivity contribution in [3.63, 3.8) is 0 Å². The molecule has 0 aliphatic carbocycles. The number of methoxy groups -OCH3 is 2. The monoisotopic (exact) mass is 425 g/mol. The zero-order valence-corrected chi connectivity index (χ0v) is 17.9. The Kier molecular flexibility index (Phi) is 5.60. The van der Waals surface area contributed by atoms with Gasteiger partial charge in [-0.15, -0.1) is 0 Å². The van der Waals surface area contributed by atoms with Gasteiger partial charge in [0.15, 0.2) is 0 Å². The van der Waals surface area contributed by atoms with Crippen LogP contribution in [0.25, 0.3) is 0 Å². The summed E-state index contributed by atoms with van der Waals surface area (Å²) in [6, 6.07) is 12.4. The van der Waals surface area contributed by atoms with E-state index in [1.54, 1.807) is 26.4 Å². The molecule has 2 aromatic rings. The lowest BCUT2D eigenvalue weighted by molar-refractivity contribution is -0.133. The summed E-state index contributed by atoms with van der Waals surface area (Å²) in [5.41, 5.74) is 1.15. The Bertz CT molecular complexity index is 996. The summed E-state index contributed by atoms with van der Waals surface area (Å²) in [7, 11) is 3.13. The Balaban J connectivity index is 1.61. The quantitative estimate of drug-likeness (QED) is 0.691. The van der Waals surface area contributed by atoms with E-state index in [0.29, 0.717) is 30.0 Å². The normalized spacial score (nSPS) is 23.5. The minimum Gasteiger partial charge on any atom is -0.496 e. The van der Waals surface area contributed by atoms with Crippen LogP contribution in [-0.2, 0) is 16.9 Å². The number of imide groups is 1. The number of aliphatic hydroxyl groups is 1. The topological polar surface area (TPSA) is 91.3 Å². The number of hydrogen-bond donors (Lipinski definition) is 2. The van der Waals surface area contributed by atoms with Gasteiger partial charge in [-0.25, -0.2) is 9.69 Å². The van der Waals surface area contributed by atoms with Gasteiger partial charge in [0.2, 0.25) is 0 Å². The second-order valence-corrected chi connectivity index (χ2v) is 7.82. The van der Waals surface area contributed by atoms with E-state index < -0.39 is 17.7 Å². The van der Waals surface area contributed by atoms with Crippen molar-refractivity contribution in [1.82, 2.24) is 15.1 Å². The van der Waals surface area contributed by atoms with E-state index in [0.717, 1.165) is 11.1 Å².